The van der Waals surface area contributed by atoms with E-state index in [0.29, 0.717) is 15.9 Å². The summed E-state index contributed by atoms with van der Waals surface area (Å²) < 4.78 is 1.79. The summed E-state index contributed by atoms with van der Waals surface area (Å²) >= 11 is 1.29. The van der Waals surface area contributed by atoms with Gasteiger partial charge < -0.3 is 10.6 Å². The number of carbonyl (C=O) groups is 2. The first-order valence-electron chi connectivity index (χ1n) is 7.62. The van der Waals surface area contributed by atoms with E-state index in [1.54, 1.807) is 35.7 Å². The van der Waals surface area contributed by atoms with E-state index in [9.17, 15) is 14.4 Å². The van der Waals surface area contributed by atoms with Crippen molar-refractivity contribution in [2.45, 2.75) is 13.0 Å². The minimum absolute atomic E-state index is 0.0394. The van der Waals surface area contributed by atoms with Crippen LogP contribution in [0.3, 0.4) is 0 Å². The van der Waals surface area contributed by atoms with E-state index < -0.39 is 5.91 Å². The molecule has 1 aromatic carbocycles. The highest BCUT2D eigenvalue weighted by molar-refractivity contribution is 7.17. The molecule has 3 aromatic rings. The first-order valence-corrected chi connectivity index (χ1v) is 8.50. The highest BCUT2D eigenvalue weighted by Crippen LogP contribution is 2.16. The van der Waals surface area contributed by atoms with Gasteiger partial charge in [0, 0.05) is 18.7 Å². The van der Waals surface area contributed by atoms with Crippen molar-refractivity contribution in [3.05, 3.63) is 58.5 Å². The van der Waals surface area contributed by atoms with Crippen LogP contribution in [-0.4, -0.2) is 27.9 Å². The number of aromatic nitrogens is 2. The molecule has 0 fully saturated rings. The second kappa shape index (κ2) is 7.27. The molecule has 7 nitrogen and oxygen atoms in total. The van der Waals surface area contributed by atoms with Gasteiger partial charge in [-0.3, -0.25) is 19.0 Å². The Morgan fingerprint density at radius 3 is 2.68 bits per heavy atom. The molecule has 0 radical (unpaired) electrons. The summed E-state index contributed by atoms with van der Waals surface area (Å²) in [5, 5.41) is 1.79. The van der Waals surface area contributed by atoms with Gasteiger partial charge in [0.25, 0.3) is 5.56 Å². The highest BCUT2D eigenvalue weighted by atomic mass is 32.1. The molecule has 2 heterocycles. The van der Waals surface area contributed by atoms with Crippen LogP contribution in [-0.2, 0) is 16.1 Å². The maximum absolute atomic E-state index is 12.7. The number of nitrogens with two attached hydrogens (primary N) is 1. The lowest BCUT2D eigenvalue weighted by atomic mass is 10.2. The van der Waals surface area contributed by atoms with Crippen LogP contribution < -0.4 is 16.2 Å². The third-order valence-corrected chi connectivity index (χ3v) is 4.58. The average Bonchev–Trinajstić information content (AvgIpc) is 3.08. The Hall–Kier alpha value is -3.00. The lowest BCUT2D eigenvalue weighted by Crippen LogP contribution is -2.38. The number of fused-ring (bicyclic) bond motifs is 1. The predicted molar refractivity (Wildman–Crippen MR) is 96.5 cm³/mol. The molecule has 2 amide bonds. The van der Waals surface area contributed by atoms with Gasteiger partial charge in [0.2, 0.25) is 11.8 Å². The van der Waals surface area contributed by atoms with Gasteiger partial charge in [0.1, 0.15) is 11.2 Å². The summed E-state index contributed by atoms with van der Waals surface area (Å²) in [4.78, 5) is 41.9. The summed E-state index contributed by atoms with van der Waals surface area (Å²) in [6.45, 7) is -0.00502. The zero-order valence-corrected chi connectivity index (χ0v) is 14.1. The lowest BCUT2D eigenvalue weighted by molar-refractivity contribution is -0.119. The molecule has 25 heavy (non-hydrogen) atoms. The molecule has 128 valence electrons. The maximum Gasteiger partial charge on any atom is 0.271 e. The number of amides is 2. The number of rotatable bonds is 6. The number of para-hydroxylation sites is 1. The van der Waals surface area contributed by atoms with Crippen molar-refractivity contribution < 1.29 is 9.59 Å². The molecule has 2 N–H and O–H groups in total. The van der Waals surface area contributed by atoms with Gasteiger partial charge in [0.15, 0.2) is 0 Å². The lowest BCUT2D eigenvalue weighted by Gasteiger charge is -2.22. The molecule has 0 bridgehead atoms. The molecular weight excluding hydrogens is 340 g/mol. The molecule has 0 aliphatic carbocycles. The van der Waals surface area contributed by atoms with E-state index in [4.69, 9.17) is 5.73 Å². The Morgan fingerprint density at radius 2 is 1.96 bits per heavy atom. The molecule has 0 aliphatic rings. The number of hydrogen-bond donors (Lipinski definition) is 1. The van der Waals surface area contributed by atoms with Crippen molar-refractivity contribution in [2.24, 2.45) is 5.73 Å². The summed E-state index contributed by atoms with van der Waals surface area (Å²) in [7, 11) is 0. The van der Waals surface area contributed by atoms with Crippen LogP contribution in [0.4, 0.5) is 5.69 Å². The van der Waals surface area contributed by atoms with Gasteiger partial charge in [-0.1, -0.05) is 18.2 Å². The van der Waals surface area contributed by atoms with Gasteiger partial charge in [-0.2, -0.15) is 0 Å². The topological polar surface area (TPSA) is 98.3 Å². The molecular formula is C17H16N4O3S. The summed E-state index contributed by atoms with van der Waals surface area (Å²) in [5.74, 6) is -0.806. The van der Waals surface area contributed by atoms with Crippen molar-refractivity contribution in [3.63, 3.8) is 0 Å². The van der Waals surface area contributed by atoms with Gasteiger partial charge in [-0.15, -0.1) is 11.3 Å². The molecule has 3 rings (SSSR count). The minimum atomic E-state index is -0.493. The van der Waals surface area contributed by atoms with E-state index in [0.717, 1.165) is 0 Å². The number of primary amides is 1. The molecule has 0 saturated heterocycles. The first-order chi connectivity index (χ1) is 12.1. The minimum Gasteiger partial charge on any atom is -0.370 e. The molecule has 0 spiro atoms. The molecule has 0 atom stereocenters. The summed E-state index contributed by atoms with van der Waals surface area (Å²) in [5.41, 5.74) is 6.22. The van der Waals surface area contributed by atoms with Gasteiger partial charge >= 0.3 is 0 Å². The number of hydrogen-bond acceptors (Lipinski definition) is 5. The van der Waals surface area contributed by atoms with Crippen molar-refractivity contribution in [1.82, 2.24) is 9.55 Å². The number of thiophene rings is 1. The molecule has 8 heteroatoms. The van der Waals surface area contributed by atoms with Crippen LogP contribution in [0, 0.1) is 0 Å². The van der Waals surface area contributed by atoms with Gasteiger partial charge in [-0.05, 0) is 23.6 Å². The highest BCUT2D eigenvalue weighted by Gasteiger charge is 2.18. The smallest absolute Gasteiger partial charge is 0.271 e. The van der Waals surface area contributed by atoms with Crippen LogP contribution in [0.2, 0.25) is 0 Å². The fourth-order valence-corrected chi connectivity index (χ4v) is 3.24. The fraction of sp³-hybridized carbons (Fsp3) is 0.176. The largest absolute Gasteiger partial charge is 0.370 e. The Bertz CT molecular complexity index is 965. The molecule has 0 saturated carbocycles. The number of benzene rings is 1. The number of anilines is 1. The third-order valence-electron chi connectivity index (χ3n) is 3.69. The zero-order valence-electron chi connectivity index (χ0n) is 13.3. The number of carbonyl (C=O) groups excluding carboxylic acids is 2. The monoisotopic (exact) mass is 356 g/mol. The zero-order chi connectivity index (χ0) is 17.8. The summed E-state index contributed by atoms with van der Waals surface area (Å²) in [6, 6.07) is 10.7. The Kier molecular flexibility index (Phi) is 4.90. The van der Waals surface area contributed by atoms with Crippen molar-refractivity contribution >= 4 is 39.1 Å². The third kappa shape index (κ3) is 3.74. The molecule has 2 aromatic heterocycles. The quantitative estimate of drug-likeness (QED) is 0.721. The standard InChI is InChI=1S/C17H16N4O3S/c18-14(22)6-8-21(12-4-2-1-3-5-12)15(23)10-20-11-19-13-7-9-25-16(13)17(20)24/h1-5,7,9,11H,6,8,10H2,(H2,18,22). The second-order valence-corrected chi connectivity index (χ2v) is 6.33. The molecule has 0 aliphatic heterocycles. The van der Waals surface area contributed by atoms with Crippen molar-refractivity contribution in [2.75, 3.05) is 11.4 Å². The van der Waals surface area contributed by atoms with Crippen molar-refractivity contribution in [3.8, 4) is 0 Å². The van der Waals surface area contributed by atoms with Crippen LogP contribution in [0.15, 0.2) is 52.9 Å². The predicted octanol–water partition coefficient (Wildman–Crippen LogP) is 1.37. The number of nitrogens with zero attached hydrogens (tertiary/aromatic N) is 3. The molecule has 0 unspecified atom stereocenters. The van der Waals surface area contributed by atoms with E-state index in [2.05, 4.69) is 4.98 Å². The van der Waals surface area contributed by atoms with Crippen LogP contribution in [0.25, 0.3) is 10.2 Å². The van der Waals surface area contributed by atoms with E-state index >= 15 is 0 Å². The summed E-state index contributed by atoms with van der Waals surface area (Å²) in [6.07, 6.45) is 1.41. The average molecular weight is 356 g/mol. The van der Waals surface area contributed by atoms with E-state index in [1.807, 2.05) is 6.07 Å². The first kappa shape index (κ1) is 16.8. The SMILES string of the molecule is NC(=O)CCN(C(=O)Cn1cnc2ccsc2c1=O)c1ccccc1. The second-order valence-electron chi connectivity index (χ2n) is 5.41. The Balaban J connectivity index is 1.87. The normalized spacial score (nSPS) is 10.7. The maximum atomic E-state index is 12.7. The Morgan fingerprint density at radius 1 is 1.20 bits per heavy atom. The van der Waals surface area contributed by atoms with Crippen LogP contribution in [0.1, 0.15) is 6.42 Å². The van der Waals surface area contributed by atoms with E-state index in [-0.39, 0.29) is 31.0 Å². The van der Waals surface area contributed by atoms with Gasteiger partial charge in [-0.25, -0.2) is 4.98 Å². The van der Waals surface area contributed by atoms with Crippen LogP contribution in [0.5, 0.6) is 0 Å². The Labute approximate surface area is 147 Å². The fourth-order valence-electron chi connectivity index (χ4n) is 2.45. The van der Waals surface area contributed by atoms with Gasteiger partial charge in [0.05, 0.1) is 11.8 Å². The van der Waals surface area contributed by atoms with Crippen molar-refractivity contribution in [1.29, 1.82) is 0 Å². The van der Waals surface area contributed by atoms with Crippen LogP contribution >= 0.6 is 11.3 Å². The van der Waals surface area contributed by atoms with E-state index in [1.165, 1.54) is 27.1 Å².